The van der Waals surface area contributed by atoms with E-state index in [0.29, 0.717) is 36.0 Å². The van der Waals surface area contributed by atoms with Crippen LogP contribution in [-0.2, 0) is 4.74 Å². The van der Waals surface area contributed by atoms with E-state index in [2.05, 4.69) is 15.1 Å². The highest BCUT2D eigenvalue weighted by Gasteiger charge is 2.29. The molecule has 31 heavy (non-hydrogen) atoms. The molecule has 1 saturated heterocycles. The number of carbonyl (C=O) groups is 2. The molecule has 156 valence electrons. The van der Waals surface area contributed by atoms with Crippen LogP contribution in [0.2, 0.25) is 0 Å². The van der Waals surface area contributed by atoms with Crippen molar-refractivity contribution in [3.63, 3.8) is 0 Å². The number of amides is 1. The van der Waals surface area contributed by atoms with E-state index in [4.69, 9.17) is 4.74 Å². The monoisotopic (exact) mass is 419 g/mol. The van der Waals surface area contributed by atoms with E-state index in [9.17, 15) is 14.0 Å². The number of halogens is 1. The van der Waals surface area contributed by atoms with Crippen molar-refractivity contribution in [2.75, 3.05) is 19.7 Å². The van der Waals surface area contributed by atoms with Crippen molar-refractivity contribution >= 4 is 28.7 Å². The zero-order valence-corrected chi connectivity index (χ0v) is 16.7. The maximum Gasteiger partial charge on any atom is 0.254 e. The molecule has 0 N–H and O–H groups in total. The molecule has 0 saturated carbocycles. The van der Waals surface area contributed by atoms with Gasteiger partial charge in [-0.25, -0.2) is 9.37 Å². The van der Waals surface area contributed by atoms with Crippen molar-refractivity contribution in [1.29, 1.82) is 0 Å². The third-order valence-electron chi connectivity index (χ3n) is 5.46. The van der Waals surface area contributed by atoms with Crippen molar-refractivity contribution in [1.82, 2.24) is 24.5 Å². The SMILES string of the molecule is Cc1cc(C2CN(C(=O)c3ccc4cc(F)ccc4c3C=O)CCO2)n2ncnc2n1. The molecule has 2 aromatic heterocycles. The van der Waals surface area contributed by atoms with Gasteiger partial charge in [-0.3, -0.25) is 9.59 Å². The summed E-state index contributed by atoms with van der Waals surface area (Å²) in [5.41, 5.74) is 2.06. The summed E-state index contributed by atoms with van der Waals surface area (Å²) in [7, 11) is 0. The average molecular weight is 419 g/mol. The quantitative estimate of drug-likeness (QED) is 0.475. The molecule has 1 atom stereocenters. The molecule has 1 unspecified atom stereocenters. The second-order valence-corrected chi connectivity index (χ2v) is 7.41. The number of hydrogen-bond donors (Lipinski definition) is 0. The third-order valence-corrected chi connectivity index (χ3v) is 5.46. The van der Waals surface area contributed by atoms with Crippen molar-refractivity contribution in [3.8, 4) is 0 Å². The maximum atomic E-state index is 13.5. The first-order valence-corrected chi connectivity index (χ1v) is 9.81. The first-order valence-electron chi connectivity index (χ1n) is 9.81. The molecule has 4 aromatic rings. The number of aryl methyl sites for hydroxylation is 1. The largest absolute Gasteiger partial charge is 0.368 e. The molecular weight excluding hydrogens is 401 g/mol. The van der Waals surface area contributed by atoms with Gasteiger partial charge < -0.3 is 9.64 Å². The summed E-state index contributed by atoms with van der Waals surface area (Å²) in [5.74, 6) is -0.208. The van der Waals surface area contributed by atoms with E-state index in [1.807, 2.05) is 13.0 Å². The Morgan fingerprint density at radius 1 is 1.26 bits per heavy atom. The lowest BCUT2D eigenvalue weighted by Crippen LogP contribution is -2.43. The van der Waals surface area contributed by atoms with Crippen LogP contribution in [0, 0.1) is 12.7 Å². The van der Waals surface area contributed by atoms with Crippen molar-refractivity contribution in [3.05, 3.63) is 71.1 Å². The number of rotatable bonds is 3. The summed E-state index contributed by atoms with van der Waals surface area (Å²) in [4.78, 5) is 35.3. The Bertz CT molecular complexity index is 1340. The number of aromatic nitrogens is 4. The highest BCUT2D eigenvalue weighted by Crippen LogP contribution is 2.27. The fourth-order valence-corrected chi connectivity index (χ4v) is 4.01. The van der Waals surface area contributed by atoms with E-state index >= 15 is 0 Å². The molecule has 0 radical (unpaired) electrons. The molecule has 0 bridgehead atoms. The Kier molecular flexibility index (Phi) is 4.67. The minimum Gasteiger partial charge on any atom is -0.368 e. The van der Waals surface area contributed by atoms with Gasteiger partial charge in [0.2, 0.25) is 0 Å². The maximum absolute atomic E-state index is 13.5. The van der Waals surface area contributed by atoms with Crippen LogP contribution < -0.4 is 0 Å². The molecule has 2 aromatic carbocycles. The number of carbonyl (C=O) groups excluding carboxylic acids is 2. The smallest absolute Gasteiger partial charge is 0.254 e. The standard InChI is InChI=1S/C22H18FN5O3/c1-13-8-19(28-22(26-13)24-12-25-28)20-10-27(6-7-31-20)21(30)17-4-2-14-9-15(23)3-5-16(14)18(17)11-29/h2-5,8-9,11-12,20H,6-7,10H2,1H3. The summed E-state index contributed by atoms with van der Waals surface area (Å²) in [6.07, 6.45) is 1.65. The van der Waals surface area contributed by atoms with Gasteiger partial charge in [0.05, 0.1) is 24.4 Å². The fraction of sp³-hybridized carbons (Fsp3) is 0.227. The summed E-state index contributed by atoms with van der Waals surface area (Å²) < 4.78 is 21.1. The van der Waals surface area contributed by atoms with Gasteiger partial charge in [0.1, 0.15) is 18.2 Å². The lowest BCUT2D eigenvalue weighted by atomic mass is 9.98. The van der Waals surface area contributed by atoms with Crippen LogP contribution in [0.4, 0.5) is 4.39 Å². The van der Waals surface area contributed by atoms with Crippen molar-refractivity contribution in [2.24, 2.45) is 0 Å². The molecule has 5 rings (SSSR count). The Hall–Kier alpha value is -3.72. The first-order chi connectivity index (χ1) is 15.0. The lowest BCUT2D eigenvalue weighted by molar-refractivity contribution is -0.0257. The second-order valence-electron chi connectivity index (χ2n) is 7.41. The molecule has 9 heteroatoms. The number of morpholine rings is 1. The van der Waals surface area contributed by atoms with Gasteiger partial charge in [-0.2, -0.15) is 14.6 Å². The van der Waals surface area contributed by atoms with Crippen LogP contribution in [0.3, 0.4) is 0 Å². The molecular formula is C22H18FN5O3. The Labute approximate surface area is 176 Å². The number of hydrogen-bond acceptors (Lipinski definition) is 6. The zero-order valence-electron chi connectivity index (χ0n) is 16.7. The zero-order chi connectivity index (χ0) is 21.5. The Balaban J connectivity index is 1.49. The fourth-order valence-electron chi connectivity index (χ4n) is 4.01. The summed E-state index contributed by atoms with van der Waals surface area (Å²) in [5, 5.41) is 5.33. The Morgan fingerprint density at radius 2 is 2.13 bits per heavy atom. The van der Waals surface area contributed by atoms with Crippen LogP contribution >= 0.6 is 0 Å². The highest BCUT2D eigenvalue weighted by molar-refractivity contribution is 6.09. The number of nitrogens with zero attached hydrogens (tertiary/aromatic N) is 5. The average Bonchev–Trinajstić information content (AvgIpc) is 3.25. The third kappa shape index (κ3) is 3.32. The van der Waals surface area contributed by atoms with Gasteiger partial charge in [0, 0.05) is 17.8 Å². The van der Waals surface area contributed by atoms with Crippen molar-refractivity contribution < 1.29 is 18.7 Å². The number of fused-ring (bicyclic) bond motifs is 2. The summed E-state index contributed by atoms with van der Waals surface area (Å²) in [6.45, 7) is 2.87. The van der Waals surface area contributed by atoms with E-state index in [0.717, 1.165) is 11.4 Å². The number of benzene rings is 2. The molecule has 1 aliphatic heterocycles. The highest BCUT2D eigenvalue weighted by atomic mass is 19.1. The van der Waals surface area contributed by atoms with Gasteiger partial charge in [-0.15, -0.1) is 0 Å². The van der Waals surface area contributed by atoms with Gasteiger partial charge in [0.25, 0.3) is 11.7 Å². The molecule has 1 fully saturated rings. The van der Waals surface area contributed by atoms with Gasteiger partial charge in [-0.1, -0.05) is 12.1 Å². The molecule has 8 nitrogen and oxygen atoms in total. The molecule has 1 amide bonds. The van der Waals surface area contributed by atoms with Crippen LogP contribution in [0.5, 0.6) is 0 Å². The van der Waals surface area contributed by atoms with E-state index < -0.39 is 11.9 Å². The van der Waals surface area contributed by atoms with Gasteiger partial charge in [0.15, 0.2) is 6.29 Å². The van der Waals surface area contributed by atoms with Crippen LogP contribution in [0.25, 0.3) is 16.6 Å². The van der Waals surface area contributed by atoms with Crippen LogP contribution in [-0.4, -0.2) is 56.4 Å². The first kappa shape index (κ1) is 19.3. The summed E-state index contributed by atoms with van der Waals surface area (Å²) in [6, 6.07) is 9.24. The number of ether oxygens (including phenoxy) is 1. The minimum atomic E-state index is -0.419. The normalized spacial score (nSPS) is 16.7. The van der Waals surface area contributed by atoms with E-state index in [1.54, 1.807) is 21.5 Å². The second kappa shape index (κ2) is 7.51. The topological polar surface area (TPSA) is 89.7 Å². The minimum absolute atomic E-state index is 0.254. The lowest BCUT2D eigenvalue weighted by Gasteiger charge is -2.33. The van der Waals surface area contributed by atoms with Crippen LogP contribution in [0.15, 0.2) is 42.7 Å². The predicted molar refractivity (Wildman–Crippen MR) is 109 cm³/mol. The molecule has 0 spiro atoms. The van der Waals surface area contributed by atoms with Gasteiger partial charge >= 0.3 is 0 Å². The molecule has 0 aliphatic carbocycles. The van der Waals surface area contributed by atoms with E-state index in [-0.39, 0.29) is 23.6 Å². The van der Waals surface area contributed by atoms with E-state index in [1.165, 1.54) is 24.5 Å². The van der Waals surface area contributed by atoms with Crippen molar-refractivity contribution in [2.45, 2.75) is 13.0 Å². The molecule has 1 aliphatic rings. The Morgan fingerprint density at radius 3 is 2.97 bits per heavy atom. The van der Waals surface area contributed by atoms with Crippen LogP contribution in [0.1, 0.15) is 38.2 Å². The predicted octanol–water partition coefficient (Wildman–Crippen LogP) is 2.75. The number of aldehydes is 1. The molecule has 3 heterocycles. The summed E-state index contributed by atoms with van der Waals surface area (Å²) >= 11 is 0. The van der Waals surface area contributed by atoms with Gasteiger partial charge in [-0.05, 0) is 42.0 Å².